The molecule has 0 saturated carbocycles. The second-order valence-corrected chi connectivity index (χ2v) is 11.6. The van der Waals surface area contributed by atoms with Crippen molar-refractivity contribution in [3.05, 3.63) is 95.3 Å². The van der Waals surface area contributed by atoms with Crippen LogP contribution in [0.15, 0.2) is 72.8 Å². The molecule has 5 nitrogen and oxygen atoms in total. The summed E-state index contributed by atoms with van der Waals surface area (Å²) in [7, 11) is 0. The first kappa shape index (κ1) is 28.3. The van der Waals surface area contributed by atoms with E-state index in [0.29, 0.717) is 18.3 Å². The molecule has 3 atom stereocenters. The molecule has 1 N–H and O–H groups in total. The summed E-state index contributed by atoms with van der Waals surface area (Å²) < 4.78 is 26.7. The summed E-state index contributed by atoms with van der Waals surface area (Å²) in [6.07, 6.45) is 4.63. The van der Waals surface area contributed by atoms with Crippen LogP contribution < -0.4 is 10.1 Å². The van der Waals surface area contributed by atoms with Gasteiger partial charge in [0.1, 0.15) is 11.6 Å². The summed E-state index contributed by atoms with van der Waals surface area (Å²) in [5, 5.41) is 2.94. The van der Waals surface area contributed by atoms with Gasteiger partial charge in [0, 0.05) is 18.2 Å². The fourth-order valence-corrected chi connectivity index (χ4v) is 6.05. The molecule has 0 aliphatic carbocycles. The van der Waals surface area contributed by atoms with Gasteiger partial charge in [-0.1, -0.05) is 62.7 Å². The number of hydrogen-bond acceptors (Lipinski definition) is 4. The maximum absolute atomic E-state index is 14.5. The minimum absolute atomic E-state index is 0.0341. The van der Waals surface area contributed by atoms with Gasteiger partial charge in [-0.15, -0.1) is 0 Å². The van der Waals surface area contributed by atoms with Crippen molar-refractivity contribution in [2.24, 2.45) is 11.8 Å². The molecule has 6 heteroatoms. The van der Waals surface area contributed by atoms with Crippen molar-refractivity contribution in [3.63, 3.8) is 0 Å². The Morgan fingerprint density at radius 3 is 2.55 bits per heavy atom. The molecule has 0 bridgehead atoms. The number of piperidine rings is 1. The molecule has 1 amide bonds. The van der Waals surface area contributed by atoms with Crippen LogP contribution in [0.3, 0.4) is 0 Å². The molecule has 212 valence electrons. The van der Waals surface area contributed by atoms with Gasteiger partial charge < -0.3 is 14.8 Å². The fourth-order valence-electron chi connectivity index (χ4n) is 6.05. The Hall–Kier alpha value is -3.22. The average molecular weight is 545 g/mol. The Balaban J connectivity index is 1.15. The Morgan fingerprint density at radius 1 is 1.02 bits per heavy atom. The number of ether oxygens (including phenoxy) is 2. The molecular formula is C34H41FN2O3. The van der Waals surface area contributed by atoms with Crippen molar-refractivity contribution in [3.8, 4) is 5.75 Å². The second kappa shape index (κ2) is 13.4. The van der Waals surface area contributed by atoms with E-state index in [1.165, 1.54) is 30.9 Å². The first-order chi connectivity index (χ1) is 19.5. The molecular weight excluding hydrogens is 503 g/mol. The fraction of sp³-hybridized carbons (Fsp3) is 0.441. The summed E-state index contributed by atoms with van der Waals surface area (Å²) in [5.41, 5.74) is 3.78. The van der Waals surface area contributed by atoms with Crippen LogP contribution in [0.2, 0.25) is 0 Å². The van der Waals surface area contributed by atoms with Crippen LogP contribution in [0.25, 0.3) is 0 Å². The summed E-state index contributed by atoms with van der Waals surface area (Å²) >= 11 is 0. The summed E-state index contributed by atoms with van der Waals surface area (Å²) in [5.74, 6) is 0.893. The van der Waals surface area contributed by atoms with Crippen LogP contribution >= 0.6 is 0 Å². The van der Waals surface area contributed by atoms with Gasteiger partial charge in [-0.25, -0.2) is 4.39 Å². The van der Waals surface area contributed by atoms with Gasteiger partial charge in [-0.3, -0.25) is 9.69 Å². The summed E-state index contributed by atoms with van der Waals surface area (Å²) in [6, 6.07) is 22.9. The number of benzene rings is 3. The molecule has 0 unspecified atom stereocenters. The first-order valence-corrected chi connectivity index (χ1v) is 14.7. The van der Waals surface area contributed by atoms with E-state index in [-0.39, 0.29) is 36.3 Å². The van der Waals surface area contributed by atoms with E-state index < -0.39 is 0 Å². The molecule has 0 aromatic heterocycles. The Morgan fingerprint density at radius 2 is 1.80 bits per heavy atom. The quantitative estimate of drug-likeness (QED) is 0.306. The van der Waals surface area contributed by atoms with Gasteiger partial charge in [0.15, 0.2) is 6.61 Å². The molecule has 2 aliphatic heterocycles. The Bertz CT molecular complexity index is 1260. The lowest BCUT2D eigenvalue weighted by atomic mass is 9.76. The van der Waals surface area contributed by atoms with E-state index in [9.17, 15) is 9.18 Å². The third-order valence-electron chi connectivity index (χ3n) is 8.27. The van der Waals surface area contributed by atoms with Gasteiger partial charge in [-0.2, -0.15) is 0 Å². The number of nitrogens with one attached hydrogen (secondary N) is 1. The zero-order valence-electron chi connectivity index (χ0n) is 23.7. The number of halogens is 1. The second-order valence-electron chi connectivity index (χ2n) is 11.6. The lowest BCUT2D eigenvalue weighted by Crippen LogP contribution is -2.31. The lowest BCUT2D eigenvalue weighted by molar-refractivity contribution is -0.118. The van der Waals surface area contributed by atoms with Crippen molar-refractivity contribution >= 4 is 11.6 Å². The third-order valence-corrected chi connectivity index (χ3v) is 8.27. The van der Waals surface area contributed by atoms with Gasteiger partial charge in [0.05, 0.1) is 12.7 Å². The van der Waals surface area contributed by atoms with Crippen molar-refractivity contribution in [1.82, 2.24) is 4.90 Å². The van der Waals surface area contributed by atoms with E-state index in [1.54, 1.807) is 6.07 Å². The predicted octanol–water partition coefficient (Wildman–Crippen LogP) is 7.35. The molecule has 0 radical (unpaired) electrons. The standard InChI is InChI=1S/C34H41FN2O3/c1-24(2)31-20-27(30-11-4-5-12-32(30)35)22-40-34(31)26-9-8-10-29(19-26)39-23-33(38)36-28-15-13-25(14-16-28)21-37-17-6-3-7-18-37/h4-5,8-16,19,24,27,31,34H,3,6-7,17-18,20-23H2,1-2H3,(H,36,38)/t27-,31-,34-/m0/s1. The zero-order chi connectivity index (χ0) is 27.9. The van der Waals surface area contributed by atoms with Crippen molar-refractivity contribution < 1.29 is 18.7 Å². The highest BCUT2D eigenvalue weighted by molar-refractivity contribution is 5.91. The minimum Gasteiger partial charge on any atom is -0.484 e. The number of carbonyl (C=O) groups excluding carboxylic acids is 1. The number of hydrogen-bond donors (Lipinski definition) is 1. The van der Waals surface area contributed by atoms with Crippen LogP contribution in [0.5, 0.6) is 5.75 Å². The number of nitrogens with zero attached hydrogens (tertiary/aromatic N) is 1. The molecule has 2 heterocycles. The largest absolute Gasteiger partial charge is 0.484 e. The highest BCUT2D eigenvalue weighted by atomic mass is 19.1. The smallest absolute Gasteiger partial charge is 0.262 e. The number of likely N-dealkylation sites (tertiary alicyclic amines) is 1. The molecule has 2 aliphatic rings. The average Bonchev–Trinajstić information content (AvgIpc) is 2.98. The number of carbonyl (C=O) groups is 1. The van der Waals surface area contributed by atoms with E-state index in [0.717, 1.165) is 42.9 Å². The van der Waals surface area contributed by atoms with Gasteiger partial charge in [0.25, 0.3) is 5.91 Å². The monoisotopic (exact) mass is 544 g/mol. The summed E-state index contributed by atoms with van der Waals surface area (Å²) in [6.45, 7) is 8.06. The van der Waals surface area contributed by atoms with Gasteiger partial charge in [-0.05, 0) is 91.2 Å². The maximum Gasteiger partial charge on any atom is 0.262 e. The zero-order valence-corrected chi connectivity index (χ0v) is 23.7. The van der Waals surface area contributed by atoms with Crippen LogP contribution in [0.4, 0.5) is 10.1 Å². The Labute approximate surface area is 237 Å². The van der Waals surface area contributed by atoms with Crippen molar-refractivity contribution in [1.29, 1.82) is 0 Å². The van der Waals surface area contributed by atoms with E-state index >= 15 is 0 Å². The van der Waals surface area contributed by atoms with Crippen LogP contribution in [-0.2, 0) is 16.1 Å². The highest BCUT2D eigenvalue weighted by Crippen LogP contribution is 2.44. The van der Waals surface area contributed by atoms with Gasteiger partial charge >= 0.3 is 0 Å². The molecule has 3 aromatic rings. The van der Waals surface area contributed by atoms with Gasteiger partial charge in [0.2, 0.25) is 0 Å². The third kappa shape index (κ3) is 7.29. The van der Waals surface area contributed by atoms with E-state index in [1.807, 2.05) is 48.5 Å². The van der Waals surface area contributed by atoms with Crippen molar-refractivity contribution in [2.75, 3.05) is 31.6 Å². The SMILES string of the molecule is CC(C)[C@@H]1C[C@H](c2ccccc2F)CO[C@H]1c1cccc(OCC(=O)Nc2ccc(CN3CCCCC3)cc2)c1. The highest BCUT2D eigenvalue weighted by Gasteiger charge is 2.35. The lowest BCUT2D eigenvalue weighted by Gasteiger charge is -2.39. The van der Waals surface area contributed by atoms with Crippen LogP contribution in [0, 0.1) is 17.7 Å². The molecule has 2 saturated heterocycles. The first-order valence-electron chi connectivity index (χ1n) is 14.7. The normalized spacial score (nSPS) is 21.8. The molecule has 0 spiro atoms. The number of rotatable bonds is 9. The molecule has 3 aromatic carbocycles. The van der Waals surface area contributed by atoms with Crippen molar-refractivity contribution in [2.45, 2.75) is 58.1 Å². The topological polar surface area (TPSA) is 50.8 Å². The number of amides is 1. The van der Waals surface area contributed by atoms with E-state index in [2.05, 4.69) is 36.2 Å². The molecule has 2 fully saturated rings. The Kier molecular flexibility index (Phi) is 9.50. The van der Waals surface area contributed by atoms with E-state index in [4.69, 9.17) is 9.47 Å². The minimum atomic E-state index is -0.198. The molecule has 5 rings (SSSR count). The maximum atomic E-state index is 14.5. The predicted molar refractivity (Wildman–Crippen MR) is 157 cm³/mol. The number of anilines is 1. The molecule has 40 heavy (non-hydrogen) atoms. The summed E-state index contributed by atoms with van der Waals surface area (Å²) in [4.78, 5) is 15.1. The van der Waals surface area contributed by atoms with Crippen LogP contribution in [-0.4, -0.2) is 37.1 Å². The van der Waals surface area contributed by atoms with Crippen LogP contribution in [0.1, 0.15) is 68.2 Å².